The molecule has 0 saturated carbocycles. The lowest BCUT2D eigenvalue weighted by molar-refractivity contribution is 0.454. The van der Waals surface area contributed by atoms with E-state index < -0.39 is 11.4 Å². The minimum atomic E-state index is -2.61. The fourth-order valence-electron chi connectivity index (χ4n) is 0.205. The summed E-state index contributed by atoms with van der Waals surface area (Å²) in [6, 6.07) is 1.72. The highest BCUT2D eigenvalue weighted by atomic mass is 32.2. The van der Waals surface area contributed by atoms with Crippen molar-refractivity contribution in [3.63, 3.8) is 0 Å². The van der Waals surface area contributed by atoms with E-state index in [1.165, 1.54) is 0 Å². The molecular formula is C3H5N3O3S. The van der Waals surface area contributed by atoms with Crippen LogP contribution in [0.1, 0.15) is 0 Å². The van der Waals surface area contributed by atoms with Gasteiger partial charge in [0.1, 0.15) is 0 Å². The summed E-state index contributed by atoms with van der Waals surface area (Å²) in [6.45, 7) is 0. The van der Waals surface area contributed by atoms with Gasteiger partial charge in [0, 0.05) is 0 Å². The van der Waals surface area contributed by atoms with Crippen molar-refractivity contribution in [3.05, 3.63) is 18.5 Å². The third-order valence-electron chi connectivity index (χ3n) is 0.409. The van der Waals surface area contributed by atoms with Gasteiger partial charge in [-0.15, -0.1) is 10.2 Å². The first kappa shape index (κ1) is 9.08. The van der Waals surface area contributed by atoms with E-state index in [9.17, 15) is 0 Å². The van der Waals surface area contributed by atoms with Gasteiger partial charge in [0.15, 0.2) is 0 Å². The largest absolute Gasteiger partial charge is 0.299 e. The van der Waals surface area contributed by atoms with E-state index in [0.717, 1.165) is 0 Å². The summed E-state index contributed by atoms with van der Waals surface area (Å²) in [5.74, 6) is 0. The van der Waals surface area contributed by atoms with Crippen LogP contribution >= 0.6 is 0 Å². The van der Waals surface area contributed by atoms with Crippen LogP contribution < -0.4 is 0 Å². The van der Waals surface area contributed by atoms with Gasteiger partial charge >= 0.3 is 0 Å². The molecule has 6 nitrogen and oxygen atoms in total. The first-order valence-corrected chi connectivity index (χ1v) is 3.18. The van der Waals surface area contributed by atoms with Crippen molar-refractivity contribution in [2.24, 2.45) is 0 Å². The van der Waals surface area contributed by atoms with E-state index in [1.807, 2.05) is 0 Å². The summed E-state index contributed by atoms with van der Waals surface area (Å²) in [6.07, 6.45) is 3.15. The van der Waals surface area contributed by atoms with Gasteiger partial charge < -0.3 is 0 Å². The van der Waals surface area contributed by atoms with Crippen LogP contribution in [0.2, 0.25) is 0 Å². The van der Waals surface area contributed by atoms with Gasteiger partial charge in [-0.2, -0.15) is 4.21 Å². The van der Waals surface area contributed by atoms with Crippen molar-refractivity contribution >= 4 is 11.4 Å². The van der Waals surface area contributed by atoms with E-state index >= 15 is 0 Å². The molecule has 1 aromatic heterocycles. The standard InChI is InChI=1S/C3H3N3.H2O3S/c1-2-4-6-5-3-1;1-4(2)3/h1-3H;(H2,1,2,3). The molecule has 7 heteroatoms. The number of hydrogen-bond acceptors (Lipinski definition) is 4. The van der Waals surface area contributed by atoms with Gasteiger partial charge in [-0.05, 0) is 11.3 Å². The molecule has 0 fully saturated rings. The van der Waals surface area contributed by atoms with E-state index in [4.69, 9.17) is 13.3 Å². The lowest BCUT2D eigenvalue weighted by atomic mass is 10.7. The highest BCUT2D eigenvalue weighted by Gasteiger charge is 1.62. The Labute approximate surface area is 59.4 Å². The Morgan fingerprint density at radius 2 is 1.60 bits per heavy atom. The lowest BCUT2D eigenvalue weighted by Gasteiger charge is -1.68. The highest BCUT2D eigenvalue weighted by Crippen LogP contribution is 1.61. The van der Waals surface area contributed by atoms with Gasteiger partial charge in [-0.3, -0.25) is 9.11 Å². The van der Waals surface area contributed by atoms with Crippen molar-refractivity contribution in [2.75, 3.05) is 0 Å². The number of aromatic nitrogens is 3. The summed E-state index contributed by atoms with van der Waals surface area (Å²) >= 11 is -2.61. The van der Waals surface area contributed by atoms with Crippen LogP contribution in [0.25, 0.3) is 0 Å². The van der Waals surface area contributed by atoms with Crippen molar-refractivity contribution in [1.82, 2.24) is 15.4 Å². The van der Waals surface area contributed by atoms with Gasteiger partial charge in [-0.1, -0.05) is 0 Å². The van der Waals surface area contributed by atoms with Crippen LogP contribution in [0.5, 0.6) is 0 Å². The molecule has 56 valence electrons. The quantitative estimate of drug-likeness (QED) is 0.503. The van der Waals surface area contributed by atoms with Crippen LogP contribution in [0.15, 0.2) is 18.5 Å². The van der Waals surface area contributed by atoms with E-state index in [1.54, 1.807) is 18.5 Å². The molecule has 0 aliphatic heterocycles. The normalized spacial score (nSPS) is 8.30. The van der Waals surface area contributed by atoms with Crippen molar-refractivity contribution in [3.8, 4) is 0 Å². The second-order valence-electron chi connectivity index (χ2n) is 1.04. The van der Waals surface area contributed by atoms with Gasteiger partial charge in [0.25, 0.3) is 11.4 Å². The maximum absolute atomic E-state index is 8.67. The smallest absolute Gasteiger partial charge is 0.284 e. The van der Waals surface area contributed by atoms with E-state index in [2.05, 4.69) is 15.4 Å². The molecule has 0 atom stereocenters. The third kappa shape index (κ3) is 10.1. The molecule has 1 rings (SSSR count). The molecule has 0 bridgehead atoms. The Balaban J connectivity index is 0.000000180. The summed E-state index contributed by atoms with van der Waals surface area (Å²) in [7, 11) is 0. The van der Waals surface area contributed by atoms with Gasteiger partial charge in [-0.25, -0.2) is 0 Å². The molecule has 0 aliphatic rings. The number of hydrogen-bond donors (Lipinski definition) is 2. The molecule has 0 unspecified atom stereocenters. The zero-order valence-electron chi connectivity index (χ0n) is 4.78. The second-order valence-corrected chi connectivity index (χ2v) is 1.50. The fourth-order valence-corrected chi connectivity index (χ4v) is 0.205. The molecule has 0 aromatic carbocycles. The van der Waals surface area contributed by atoms with Crippen LogP contribution in [0, 0.1) is 0 Å². The topological polar surface area (TPSA) is 96.2 Å². The van der Waals surface area contributed by atoms with Crippen LogP contribution in [-0.2, 0) is 11.4 Å². The molecule has 1 aromatic rings. The summed E-state index contributed by atoms with van der Waals surface area (Å²) in [4.78, 5) is 0. The van der Waals surface area contributed by atoms with Crippen molar-refractivity contribution < 1.29 is 13.3 Å². The van der Waals surface area contributed by atoms with Crippen LogP contribution in [-0.4, -0.2) is 28.7 Å². The predicted octanol–water partition coefficient (Wildman–Crippen LogP) is -0.447. The third-order valence-corrected chi connectivity index (χ3v) is 0.409. The molecule has 0 spiro atoms. The number of nitrogens with zero attached hydrogens (tertiary/aromatic N) is 3. The highest BCUT2D eigenvalue weighted by molar-refractivity contribution is 7.73. The maximum Gasteiger partial charge on any atom is 0.299 e. The molecule has 0 radical (unpaired) electrons. The molecule has 10 heavy (non-hydrogen) atoms. The average Bonchev–Trinajstić information content (AvgIpc) is 1.90. The average molecular weight is 163 g/mol. The molecule has 0 amide bonds. The van der Waals surface area contributed by atoms with Crippen LogP contribution in [0.4, 0.5) is 0 Å². The fraction of sp³-hybridized carbons (Fsp3) is 0. The molecular weight excluding hydrogens is 158 g/mol. The number of rotatable bonds is 0. The van der Waals surface area contributed by atoms with Crippen molar-refractivity contribution in [1.29, 1.82) is 0 Å². The lowest BCUT2D eigenvalue weighted by Crippen LogP contribution is -1.78. The Kier molecular flexibility index (Phi) is 5.63. The maximum atomic E-state index is 8.67. The summed E-state index contributed by atoms with van der Waals surface area (Å²) in [5, 5.41) is 10.1. The second kappa shape index (κ2) is 6.20. The molecule has 0 saturated heterocycles. The first-order chi connectivity index (χ1) is 4.73. The van der Waals surface area contributed by atoms with Gasteiger partial charge in [0.2, 0.25) is 0 Å². The Morgan fingerprint density at radius 1 is 1.20 bits per heavy atom. The minimum absolute atomic E-state index is 1.58. The molecule has 1 heterocycles. The Hall–Kier alpha value is -0.920. The Bertz CT molecular complexity index is 151. The summed E-state index contributed by atoms with van der Waals surface area (Å²) < 4.78 is 22.8. The molecule has 0 aliphatic carbocycles. The Morgan fingerprint density at radius 3 is 1.70 bits per heavy atom. The zero-order chi connectivity index (χ0) is 7.82. The first-order valence-electron chi connectivity index (χ1n) is 2.11. The van der Waals surface area contributed by atoms with Crippen molar-refractivity contribution in [2.45, 2.75) is 0 Å². The SMILES string of the molecule is O=S(O)O.c1cnnnc1. The van der Waals surface area contributed by atoms with E-state index in [-0.39, 0.29) is 0 Å². The van der Waals surface area contributed by atoms with E-state index in [0.29, 0.717) is 0 Å². The zero-order valence-corrected chi connectivity index (χ0v) is 5.60. The monoisotopic (exact) mass is 163 g/mol. The summed E-state index contributed by atoms with van der Waals surface area (Å²) in [5.41, 5.74) is 0. The predicted molar refractivity (Wildman–Crippen MR) is 33.2 cm³/mol. The molecule has 2 N–H and O–H groups in total. The van der Waals surface area contributed by atoms with Crippen LogP contribution in [0.3, 0.4) is 0 Å². The minimum Gasteiger partial charge on any atom is -0.284 e. The van der Waals surface area contributed by atoms with Gasteiger partial charge in [0.05, 0.1) is 12.4 Å².